The minimum absolute atomic E-state index is 0.0325. The maximum absolute atomic E-state index is 14.0. The summed E-state index contributed by atoms with van der Waals surface area (Å²) in [6.45, 7) is 14.7. The number of piperidine rings is 1. The third-order valence-electron chi connectivity index (χ3n) is 8.01. The predicted octanol–water partition coefficient (Wildman–Crippen LogP) is 6.32. The third kappa shape index (κ3) is 8.58. The van der Waals surface area contributed by atoms with E-state index in [9.17, 15) is 9.59 Å². The molecule has 2 aliphatic heterocycles. The largest absolute Gasteiger partial charge is 0.460 e. The van der Waals surface area contributed by atoms with Crippen LogP contribution in [0.5, 0.6) is 0 Å². The first-order chi connectivity index (χ1) is 17.9. The Bertz CT molecular complexity index is 923. The molecule has 1 amide bonds. The van der Waals surface area contributed by atoms with Gasteiger partial charge in [-0.1, -0.05) is 62.4 Å². The Hall–Kier alpha value is -1.34. The maximum Gasteiger partial charge on any atom is 0.307 e. The highest BCUT2D eigenvalue weighted by Crippen LogP contribution is 2.42. The third-order valence-corrected chi connectivity index (χ3v) is 8.72. The molecule has 2 unspecified atom stereocenters. The smallest absolute Gasteiger partial charge is 0.307 e. The van der Waals surface area contributed by atoms with E-state index in [1.54, 1.807) is 0 Å². The van der Waals surface area contributed by atoms with Crippen molar-refractivity contribution in [3.63, 3.8) is 0 Å². The zero-order valence-corrected chi connectivity index (χ0v) is 25.5. The SMILES string of the molecule is CCCCCCN1CCC(NC(=O)C2(CC(=O)OC(C)(C)C)CN(Cc3c(Cl)cccc3Cl)CC2C)CC1. The first kappa shape index (κ1) is 31.2. The molecule has 0 radical (unpaired) electrons. The number of rotatable bonds is 11. The van der Waals surface area contributed by atoms with E-state index in [-0.39, 0.29) is 30.3 Å². The van der Waals surface area contributed by atoms with Crippen molar-refractivity contribution in [2.45, 2.75) is 97.8 Å². The number of esters is 1. The zero-order valence-electron chi connectivity index (χ0n) is 24.0. The standard InChI is InChI=1S/C30H47Cl2N3O3/c1-6-7-8-9-15-34-16-13-23(14-17-34)33-28(37)30(18-27(36)38-29(3,4)5)21-35(19-22(30)2)20-24-25(31)11-10-12-26(24)32/h10-12,22-23H,6-9,13-21H2,1-5H3,(H,33,37). The molecular weight excluding hydrogens is 521 g/mol. The molecule has 214 valence electrons. The fraction of sp³-hybridized carbons (Fsp3) is 0.733. The van der Waals surface area contributed by atoms with E-state index in [1.165, 1.54) is 25.7 Å². The summed E-state index contributed by atoms with van der Waals surface area (Å²) in [5.41, 5.74) is -0.624. The normalized spacial score (nSPS) is 23.5. The van der Waals surface area contributed by atoms with Crippen molar-refractivity contribution < 1.29 is 14.3 Å². The molecule has 2 fully saturated rings. The summed E-state index contributed by atoms with van der Waals surface area (Å²) in [6.07, 6.45) is 7.01. The maximum atomic E-state index is 14.0. The molecule has 2 saturated heterocycles. The second-order valence-electron chi connectivity index (χ2n) is 12.3. The Morgan fingerprint density at radius 1 is 1.08 bits per heavy atom. The van der Waals surface area contributed by atoms with Gasteiger partial charge in [0, 0.05) is 54.4 Å². The van der Waals surface area contributed by atoms with E-state index in [4.69, 9.17) is 27.9 Å². The van der Waals surface area contributed by atoms with E-state index < -0.39 is 11.0 Å². The van der Waals surface area contributed by atoms with Crippen LogP contribution < -0.4 is 5.32 Å². The Kier molecular flexibility index (Phi) is 11.4. The molecule has 1 N–H and O–H groups in total. The summed E-state index contributed by atoms with van der Waals surface area (Å²) in [7, 11) is 0. The lowest BCUT2D eigenvalue weighted by Crippen LogP contribution is -2.53. The molecular formula is C30H47Cl2N3O3. The molecule has 38 heavy (non-hydrogen) atoms. The molecule has 0 bridgehead atoms. The van der Waals surface area contributed by atoms with Gasteiger partial charge in [-0.05, 0) is 64.6 Å². The Balaban J connectivity index is 1.69. The van der Waals surface area contributed by atoms with E-state index >= 15 is 0 Å². The number of nitrogens with zero attached hydrogens (tertiary/aromatic N) is 2. The van der Waals surface area contributed by atoms with Crippen molar-refractivity contribution in [3.05, 3.63) is 33.8 Å². The van der Waals surface area contributed by atoms with Crippen LogP contribution in [0, 0.1) is 11.3 Å². The number of carbonyl (C=O) groups is 2. The van der Waals surface area contributed by atoms with E-state index in [2.05, 4.69) is 29.0 Å². The highest BCUT2D eigenvalue weighted by Gasteiger charge is 2.52. The number of halogens is 2. The van der Waals surface area contributed by atoms with Crippen LogP contribution in [-0.2, 0) is 20.9 Å². The number of carbonyl (C=O) groups excluding carboxylic acids is 2. The molecule has 1 aromatic carbocycles. The molecule has 2 heterocycles. The number of benzene rings is 1. The number of ether oxygens (including phenoxy) is 1. The molecule has 2 aliphatic rings. The minimum Gasteiger partial charge on any atom is -0.460 e. The topological polar surface area (TPSA) is 61.9 Å². The lowest BCUT2D eigenvalue weighted by atomic mass is 9.75. The number of hydrogen-bond acceptors (Lipinski definition) is 5. The average molecular weight is 569 g/mol. The summed E-state index contributed by atoms with van der Waals surface area (Å²) < 4.78 is 5.69. The first-order valence-corrected chi connectivity index (χ1v) is 15.1. The van der Waals surface area contributed by atoms with Crippen LogP contribution in [0.3, 0.4) is 0 Å². The monoisotopic (exact) mass is 567 g/mol. The van der Waals surface area contributed by atoms with Gasteiger partial charge in [-0.15, -0.1) is 0 Å². The number of amides is 1. The van der Waals surface area contributed by atoms with Crippen molar-refractivity contribution >= 4 is 35.1 Å². The summed E-state index contributed by atoms with van der Waals surface area (Å²) in [6, 6.07) is 5.62. The lowest BCUT2D eigenvalue weighted by Gasteiger charge is -2.37. The van der Waals surface area contributed by atoms with Gasteiger partial charge in [-0.25, -0.2) is 0 Å². The van der Waals surface area contributed by atoms with Crippen molar-refractivity contribution in [1.82, 2.24) is 15.1 Å². The number of unbranched alkanes of at least 4 members (excludes halogenated alkanes) is 3. The molecule has 0 saturated carbocycles. The van der Waals surface area contributed by atoms with Crippen molar-refractivity contribution in [3.8, 4) is 0 Å². The highest BCUT2D eigenvalue weighted by molar-refractivity contribution is 6.35. The fourth-order valence-electron chi connectivity index (χ4n) is 5.84. The molecule has 1 aromatic rings. The van der Waals surface area contributed by atoms with Gasteiger partial charge in [0.25, 0.3) is 0 Å². The van der Waals surface area contributed by atoms with E-state index in [0.29, 0.717) is 29.7 Å². The molecule has 0 spiro atoms. The van der Waals surface area contributed by atoms with Crippen LogP contribution >= 0.6 is 23.2 Å². The number of likely N-dealkylation sites (tertiary alicyclic amines) is 2. The van der Waals surface area contributed by atoms with Crippen molar-refractivity contribution in [1.29, 1.82) is 0 Å². The first-order valence-electron chi connectivity index (χ1n) is 14.3. The van der Waals surface area contributed by atoms with Crippen LogP contribution in [0.1, 0.15) is 85.1 Å². The van der Waals surface area contributed by atoms with Crippen LogP contribution in [0.4, 0.5) is 0 Å². The van der Waals surface area contributed by atoms with Crippen LogP contribution in [-0.4, -0.2) is 66.0 Å². The van der Waals surface area contributed by atoms with Crippen molar-refractivity contribution in [2.24, 2.45) is 11.3 Å². The molecule has 0 aromatic heterocycles. The summed E-state index contributed by atoms with van der Waals surface area (Å²) in [4.78, 5) is 31.8. The summed E-state index contributed by atoms with van der Waals surface area (Å²) in [5, 5.41) is 4.58. The summed E-state index contributed by atoms with van der Waals surface area (Å²) in [5.74, 6) is -0.404. The Morgan fingerprint density at radius 3 is 2.34 bits per heavy atom. The molecule has 3 rings (SSSR count). The zero-order chi connectivity index (χ0) is 27.9. The molecule has 6 nitrogen and oxygen atoms in total. The lowest BCUT2D eigenvalue weighted by molar-refractivity contribution is -0.161. The fourth-order valence-corrected chi connectivity index (χ4v) is 6.36. The van der Waals surface area contributed by atoms with Crippen LogP contribution in [0.15, 0.2) is 18.2 Å². The summed E-state index contributed by atoms with van der Waals surface area (Å²) >= 11 is 12.9. The number of nitrogens with one attached hydrogen (secondary N) is 1. The number of hydrogen-bond donors (Lipinski definition) is 1. The highest BCUT2D eigenvalue weighted by atomic mass is 35.5. The van der Waals surface area contributed by atoms with Gasteiger partial charge < -0.3 is 15.0 Å². The second kappa shape index (κ2) is 13.8. The van der Waals surface area contributed by atoms with Crippen LogP contribution in [0.25, 0.3) is 0 Å². The van der Waals surface area contributed by atoms with Gasteiger partial charge in [0.2, 0.25) is 5.91 Å². The van der Waals surface area contributed by atoms with Crippen molar-refractivity contribution in [2.75, 3.05) is 32.7 Å². The van der Waals surface area contributed by atoms with E-state index in [0.717, 1.165) is 38.0 Å². The quantitative estimate of drug-likeness (QED) is 0.250. The molecule has 2 atom stereocenters. The van der Waals surface area contributed by atoms with Crippen LogP contribution in [0.2, 0.25) is 10.0 Å². The Labute approximate surface area is 239 Å². The van der Waals surface area contributed by atoms with Gasteiger partial charge in [0.15, 0.2) is 0 Å². The van der Waals surface area contributed by atoms with Gasteiger partial charge in [0.05, 0.1) is 11.8 Å². The van der Waals surface area contributed by atoms with Gasteiger partial charge in [0.1, 0.15) is 5.60 Å². The minimum atomic E-state index is -0.868. The van der Waals surface area contributed by atoms with Gasteiger partial charge in [-0.2, -0.15) is 0 Å². The Morgan fingerprint density at radius 2 is 1.74 bits per heavy atom. The predicted molar refractivity (Wildman–Crippen MR) is 156 cm³/mol. The van der Waals surface area contributed by atoms with Gasteiger partial charge in [-0.3, -0.25) is 14.5 Å². The average Bonchev–Trinajstić information content (AvgIpc) is 3.14. The second-order valence-corrected chi connectivity index (χ2v) is 13.2. The van der Waals surface area contributed by atoms with E-state index in [1.807, 2.05) is 39.0 Å². The molecule has 8 heteroatoms. The molecule has 0 aliphatic carbocycles. The van der Waals surface area contributed by atoms with Gasteiger partial charge >= 0.3 is 5.97 Å².